The van der Waals surface area contributed by atoms with Crippen molar-refractivity contribution in [2.45, 2.75) is 51.0 Å². The smallest absolute Gasteiger partial charge is 0.224 e. The number of nitrogens with one attached hydrogen (secondary N) is 2. The molecule has 1 heterocycles. The van der Waals surface area contributed by atoms with Crippen LogP contribution >= 0.6 is 0 Å². The number of piperidine rings is 1. The van der Waals surface area contributed by atoms with Crippen LogP contribution in [0.2, 0.25) is 0 Å². The molecule has 0 bridgehead atoms. The quantitative estimate of drug-likeness (QED) is 0.885. The summed E-state index contributed by atoms with van der Waals surface area (Å²) in [6, 6.07) is 6.52. The van der Waals surface area contributed by atoms with Crippen molar-refractivity contribution in [1.82, 2.24) is 10.6 Å². The van der Waals surface area contributed by atoms with Crippen molar-refractivity contribution in [3.8, 4) is 0 Å². The Kier molecular flexibility index (Phi) is 4.23. The molecule has 4 nitrogen and oxygen atoms in total. The molecular formula is C17H22N2O2. The summed E-state index contributed by atoms with van der Waals surface area (Å²) in [4.78, 5) is 23.2. The zero-order valence-corrected chi connectivity index (χ0v) is 12.3. The fourth-order valence-electron chi connectivity index (χ4n) is 3.22. The van der Waals surface area contributed by atoms with Crippen LogP contribution in [0.25, 0.3) is 0 Å². The molecule has 3 rings (SSSR count). The zero-order valence-electron chi connectivity index (χ0n) is 12.3. The highest BCUT2D eigenvalue weighted by Crippen LogP contribution is 2.22. The first-order valence-corrected chi connectivity index (χ1v) is 7.87. The number of aryl methyl sites for hydroxylation is 2. The van der Waals surface area contributed by atoms with Gasteiger partial charge in [0.25, 0.3) is 0 Å². The molecule has 1 saturated heterocycles. The Labute approximate surface area is 125 Å². The van der Waals surface area contributed by atoms with Gasteiger partial charge in [-0.2, -0.15) is 0 Å². The van der Waals surface area contributed by atoms with E-state index in [0.717, 1.165) is 18.4 Å². The minimum absolute atomic E-state index is 0.0481. The van der Waals surface area contributed by atoms with Crippen molar-refractivity contribution in [3.05, 3.63) is 34.9 Å². The molecular weight excluding hydrogens is 264 g/mol. The molecule has 1 aliphatic heterocycles. The van der Waals surface area contributed by atoms with Crippen molar-refractivity contribution in [3.63, 3.8) is 0 Å². The van der Waals surface area contributed by atoms with Gasteiger partial charge >= 0.3 is 0 Å². The van der Waals surface area contributed by atoms with Crippen molar-refractivity contribution >= 4 is 11.8 Å². The summed E-state index contributed by atoms with van der Waals surface area (Å²) in [5, 5.41) is 5.80. The summed E-state index contributed by atoms with van der Waals surface area (Å²) in [6.07, 6.45) is 6.51. The van der Waals surface area contributed by atoms with E-state index in [1.807, 2.05) is 0 Å². The molecule has 21 heavy (non-hydrogen) atoms. The number of benzene rings is 1. The third-order valence-electron chi connectivity index (χ3n) is 4.41. The number of fused-ring (bicyclic) bond motifs is 1. The van der Waals surface area contributed by atoms with E-state index in [4.69, 9.17) is 0 Å². The number of carbonyl (C=O) groups excluding carboxylic acids is 2. The molecule has 1 aromatic carbocycles. The molecule has 0 aromatic heterocycles. The van der Waals surface area contributed by atoms with Crippen molar-refractivity contribution < 1.29 is 9.59 Å². The van der Waals surface area contributed by atoms with Gasteiger partial charge in [0.2, 0.25) is 11.8 Å². The Balaban J connectivity index is 1.56. The lowest BCUT2D eigenvalue weighted by Crippen LogP contribution is -2.48. The maximum absolute atomic E-state index is 12.1. The van der Waals surface area contributed by atoms with Crippen LogP contribution in [0.4, 0.5) is 0 Å². The van der Waals surface area contributed by atoms with E-state index in [-0.39, 0.29) is 17.9 Å². The second-order valence-electron chi connectivity index (χ2n) is 6.09. The van der Waals surface area contributed by atoms with E-state index in [9.17, 15) is 9.59 Å². The van der Waals surface area contributed by atoms with Gasteiger partial charge in [0.1, 0.15) is 0 Å². The summed E-state index contributed by atoms with van der Waals surface area (Å²) < 4.78 is 0. The summed E-state index contributed by atoms with van der Waals surface area (Å²) in [5.41, 5.74) is 3.95. The van der Waals surface area contributed by atoms with Crippen LogP contribution in [-0.2, 0) is 28.9 Å². The van der Waals surface area contributed by atoms with Gasteiger partial charge in [0, 0.05) is 19.0 Å². The first-order chi connectivity index (χ1) is 10.2. The second-order valence-corrected chi connectivity index (χ2v) is 6.09. The lowest BCUT2D eigenvalue weighted by atomic mass is 9.90. The average Bonchev–Trinajstić information content (AvgIpc) is 2.49. The molecule has 4 heteroatoms. The average molecular weight is 286 g/mol. The number of amides is 2. The van der Waals surface area contributed by atoms with Crippen LogP contribution in [0.5, 0.6) is 0 Å². The van der Waals surface area contributed by atoms with E-state index in [0.29, 0.717) is 19.4 Å². The molecule has 0 saturated carbocycles. The van der Waals surface area contributed by atoms with Crippen LogP contribution in [-0.4, -0.2) is 24.4 Å². The monoisotopic (exact) mass is 286 g/mol. The van der Waals surface area contributed by atoms with Crippen LogP contribution in [0.3, 0.4) is 0 Å². The van der Waals surface area contributed by atoms with E-state index in [2.05, 4.69) is 28.8 Å². The molecule has 0 spiro atoms. The molecule has 2 aliphatic rings. The molecule has 1 fully saturated rings. The van der Waals surface area contributed by atoms with E-state index >= 15 is 0 Å². The minimum Gasteiger partial charge on any atom is -0.354 e. The van der Waals surface area contributed by atoms with Gasteiger partial charge < -0.3 is 10.6 Å². The molecule has 112 valence electrons. The summed E-state index contributed by atoms with van der Waals surface area (Å²) >= 11 is 0. The molecule has 1 atom stereocenters. The number of rotatable bonds is 3. The third-order valence-corrected chi connectivity index (χ3v) is 4.41. The summed E-state index contributed by atoms with van der Waals surface area (Å²) in [6.45, 7) is 0.550. The lowest BCUT2D eigenvalue weighted by molar-refractivity contribution is -0.125. The number of carbonyl (C=O) groups is 2. The Bertz CT molecular complexity index is 544. The fraction of sp³-hybridized carbons (Fsp3) is 0.529. The van der Waals surface area contributed by atoms with E-state index in [1.54, 1.807) is 0 Å². The Hall–Kier alpha value is -1.84. The highest BCUT2D eigenvalue weighted by Gasteiger charge is 2.19. The van der Waals surface area contributed by atoms with Crippen molar-refractivity contribution in [1.29, 1.82) is 0 Å². The lowest BCUT2D eigenvalue weighted by Gasteiger charge is -2.23. The number of hydrogen-bond acceptors (Lipinski definition) is 2. The van der Waals surface area contributed by atoms with Gasteiger partial charge in [-0.25, -0.2) is 0 Å². The highest BCUT2D eigenvalue weighted by molar-refractivity contribution is 5.80. The van der Waals surface area contributed by atoms with Crippen LogP contribution in [0.15, 0.2) is 18.2 Å². The van der Waals surface area contributed by atoms with Crippen LogP contribution < -0.4 is 10.6 Å². The summed E-state index contributed by atoms with van der Waals surface area (Å²) in [7, 11) is 0. The highest BCUT2D eigenvalue weighted by atomic mass is 16.2. The van der Waals surface area contributed by atoms with Crippen molar-refractivity contribution in [2.24, 2.45) is 0 Å². The normalized spacial score (nSPS) is 21.3. The van der Waals surface area contributed by atoms with Gasteiger partial charge in [0.15, 0.2) is 0 Å². The van der Waals surface area contributed by atoms with Gasteiger partial charge in [-0.15, -0.1) is 0 Å². The molecule has 1 unspecified atom stereocenters. The largest absolute Gasteiger partial charge is 0.354 e. The molecule has 2 amide bonds. The van der Waals surface area contributed by atoms with Crippen molar-refractivity contribution in [2.75, 3.05) is 6.54 Å². The van der Waals surface area contributed by atoms with Gasteiger partial charge in [0.05, 0.1) is 6.42 Å². The van der Waals surface area contributed by atoms with Gasteiger partial charge in [-0.3, -0.25) is 9.59 Å². The maximum atomic E-state index is 12.1. The Morgan fingerprint density at radius 1 is 1.19 bits per heavy atom. The molecule has 1 aromatic rings. The topological polar surface area (TPSA) is 58.2 Å². The summed E-state index contributed by atoms with van der Waals surface area (Å²) in [5.74, 6) is 0.127. The van der Waals surface area contributed by atoms with Gasteiger partial charge in [-0.1, -0.05) is 18.2 Å². The predicted octanol–water partition coefficient (Wildman–Crippen LogP) is 1.50. The molecule has 1 aliphatic carbocycles. The zero-order chi connectivity index (χ0) is 14.7. The Morgan fingerprint density at radius 2 is 2.00 bits per heavy atom. The van der Waals surface area contributed by atoms with Crippen LogP contribution in [0.1, 0.15) is 42.4 Å². The molecule has 0 radical (unpaired) electrons. The minimum atomic E-state index is 0.0481. The maximum Gasteiger partial charge on any atom is 0.224 e. The molecule has 2 N–H and O–H groups in total. The Morgan fingerprint density at radius 3 is 2.76 bits per heavy atom. The van der Waals surface area contributed by atoms with E-state index in [1.165, 1.54) is 30.4 Å². The predicted molar refractivity (Wildman–Crippen MR) is 81.0 cm³/mol. The second kappa shape index (κ2) is 6.29. The van der Waals surface area contributed by atoms with E-state index < -0.39 is 0 Å². The third kappa shape index (κ3) is 3.63. The van der Waals surface area contributed by atoms with Crippen LogP contribution in [0, 0.1) is 0 Å². The first-order valence-electron chi connectivity index (χ1n) is 7.87. The first kappa shape index (κ1) is 14.1. The standard InChI is InChI=1S/C17H22N2O2/c20-16-8-7-15(11-18-16)19-17(21)10-12-5-6-13-3-1-2-4-14(13)9-12/h5-6,9,15H,1-4,7-8,10-11H2,(H,18,20)(H,19,21). The number of hydrogen-bond donors (Lipinski definition) is 2. The fourth-order valence-corrected chi connectivity index (χ4v) is 3.22. The van der Waals surface area contributed by atoms with Gasteiger partial charge in [-0.05, 0) is 48.8 Å². The SMILES string of the molecule is O=C1CCC(NC(=O)Cc2ccc3c(c2)CCCC3)CN1.